The Morgan fingerprint density at radius 1 is 1.24 bits per heavy atom. The van der Waals surface area contributed by atoms with Crippen molar-refractivity contribution in [1.82, 2.24) is 25.1 Å². The van der Waals surface area contributed by atoms with Crippen LogP contribution >= 0.6 is 0 Å². The van der Waals surface area contributed by atoms with Gasteiger partial charge in [0.25, 0.3) is 0 Å². The number of carbonyl (C=O) groups is 1. The van der Waals surface area contributed by atoms with Gasteiger partial charge in [0.15, 0.2) is 11.5 Å². The lowest BCUT2D eigenvalue weighted by Crippen LogP contribution is -2.51. The van der Waals surface area contributed by atoms with Crippen molar-refractivity contribution >= 4 is 28.9 Å². The zero-order valence-electron chi connectivity index (χ0n) is 15.9. The number of aromatic nitrogens is 5. The molecule has 6 rings (SSSR count). The smallest absolute Gasteiger partial charge is 0.308 e. The zero-order valence-corrected chi connectivity index (χ0v) is 15.9. The molecule has 0 aliphatic heterocycles. The molecule has 2 unspecified atom stereocenters. The van der Waals surface area contributed by atoms with E-state index in [2.05, 4.69) is 32.1 Å². The summed E-state index contributed by atoms with van der Waals surface area (Å²) in [6, 6.07) is 3.62. The molecule has 3 aromatic rings. The number of aliphatic carboxylic acids is 1. The summed E-state index contributed by atoms with van der Waals surface area (Å²) in [4.78, 5) is 25.4. The van der Waals surface area contributed by atoms with Gasteiger partial charge in [0.2, 0.25) is 0 Å². The van der Waals surface area contributed by atoms with Gasteiger partial charge in [0.1, 0.15) is 11.5 Å². The SMILES string of the molecule is C=Cc1cnc(-c2[nH]nc3ncccc23)nc1NC1C2CCC(CC2)C1C(=O)O. The summed E-state index contributed by atoms with van der Waals surface area (Å²) in [7, 11) is 0. The molecule has 3 N–H and O–H groups in total. The van der Waals surface area contributed by atoms with E-state index in [-0.39, 0.29) is 12.0 Å². The fourth-order valence-corrected chi connectivity index (χ4v) is 4.97. The van der Waals surface area contributed by atoms with Gasteiger partial charge in [-0.05, 0) is 49.7 Å². The maximum Gasteiger partial charge on any atom is 0.308 e. The monoisotopic (exact) mass is 390 g/mol. The Balaban J connectivity index is 1.53. The second-order valence-corrected chi connectivity index (χ2v) is 7.88. The van der Waals surface area contributed by atoms with Crippen LogP contribution in [0.2, 0.25) is 0 Å². The highest BCUT2D eigenvalue weighted by molar-refractivity contribution is 5.88. The van der Waals surface area contributed by atoms with Gasteiger partial charge in [-0.25, -0.2) is 15.0 Å². The quantitative estimate of drug-likeness (QED) is 0.611. The Labute approximate surface area is 167 Å². The van der Waals surface area contributed by atoms with Crippen LogP contribution in [0.5, 0.6) is 0 Å². The van der Waals surface area contributed by atoms with Crippen LogP contribution in [0.4, 0.5) is 5.82 Å². The molecule has 3 saturated carbocycles. The minimum absolute atomic E-state index is 0.137. The summed E-state index contributed by atoms with van der Waals surface area (Å²) in [6.45, 7) is 3.86. The number of nitrogens with one attached hydrogen (secondary N) is 2. The van der Waals surface area contributed by atoms with E-state index in [1.54, 1.807) is 18.5 Å². The summed E-state index contributed by atoms with van der Waals surface area (Å²) >= 11 is 0. The molecule has 3 aliphatic carbocycles. The third-order valence-corrected chi connectivity index (χ3v) is 6.40. The van der Waals surface area contributed by atoms with E-state index >= 15 is 0 Å². The molecule has 8 nitrogen and oxygen atoms in total. The molecule has 2 atom stereocenters. The number of aromatic amines is 1. The molecule has 148 valence electrons. The molecule has 8 heteroatoms. The van der Waals surface area contributed by atoms with E-state index in [0.717, 1.165) is 36.6 Å². The predicted octanol–water partition coefficient (Wildman–Crippen LogP) is 3.36. The molecule has 2 bridgehead atoms. The fourth-order valence-electron chi connectivity index (χ4n) is 4.97. The highest BCUT2D eigenvalue weighted by Gasteiger charge is 2.47. The van der Waals surface area contributed by atoms with Crippen LogP contribution in [0.15, 0.2) is 31.1 Å². The molecule has 3 fully saturated rings. The summed E-state index contributed by atoms with van der Waals surface area (Å²) in [5.74, 6) is 0.551. The number of hydrogen-bond acceptors (Lipinski definition) is 6. The largest absolute Gasteiger partial charge is 0.481 e. The van der Waals surface area contributed by atoms with Gasteiger partial charge >= 0.3 is 5.97 Å². The van der Waals surface area contributed by atoms with Crippen LogP contribution in [0, 0.1) is 17.8 Å². The van der Waals surface area contributed by atoms with E-state index in [9.17, 15) is 9.90 Å². The Kier molecular flexibility index (Phi) is 4.26. The number of pyridine rings is 1. The molecule has 29 heavy (non-hydrogen) atoms. The minimum atomic E-state index is -0.725. The molecular weight excluding hydrogens is 368 g/mol. The molecule has 3 aromatic heterocycles. The molecular formula is C21H22N6O2. The standard InChI is InChI=1S/C21H22N6O2/c1-2-11-10-23-20(17-14-4-3-9-22-19(14)27-26-17)25-18(11)24-16-13-7-5-12(6-8-13)15(16)21(28)29/h2-4,9-10,12-13,15-16H,1,5-8H2,(H,28,29)(H,22,26,27)(H,23,24,25). The summed E-state index contributed by atoms with van der Waals surface area (Å²) in [5, 5.41) is 21.3. The Morgan fingerprint density at radius 3 is 2.79 bits per heavy atom. The van der Waals surface area contributed by atoms with E-state index in [0.29, 0.717) is 28.9 Å². The van der Waals surface area contributed by atoms with Crippen LogP contribution in [-0.2, 0) is 4.79 Å². The molecule has 0 spiro atoms. The first-order valence-electron chi connectivity index (χ1n) is 9.94. The number of hydrogen-bond donors (Lipinski definition) is 3. The van der Waals surface area contributed by atoms with Crippen molar-refractivity contribution in [3.63, 3.8) is 0 Å². The van der Waals surface area contributed by atoms with Crippen molar-refractivity contribution < 1.29 is 9.90 Å². The lowest BCUT2D eigenvalue weighted by Gasteiger charge is -2.47. The Hall–Kier alpha value is -3.29. The molecule has 0 saturated heterocycles. The van der Waals surface area contributed by atoms with E-state index in [1.807, 2.05) is 12.1 Å². The van der Waals surface area contributed by atoms with Crippen molar-refractivity contribution in [2.75, 3.05) is 5.32 Å². The van der Waals surface area contributed by atoms with Gasteiger partial charge < -0.3 is 10.4 Å². The number of H-pyrrole nitrogens is 1. The van der Waals surface area contributed by atoms with Crippen molar-refractivity contribution in [1.29, 1.82) is 0 Å². The molecule has 0 aromatic carbocycles. The summed E-state index contributed by atoms with van der Waals surface area (Å²) < 4.78 is 0. The third-order valence-electron chi connectivity index (χ3n) is 6.40. The second kappa shape index (κ2) is 6.95. The van der Waals surface area contributed by atoms with Crippen LogP contribution in [0.1, 0.15) is 31.2 Å². The van der Waals surface area contributed by atoms with Gasteiger partial charge in [-0.15, -0.1) is 0 Å². The fraction of sp³-hybridized carbons (Fsp3) is 0.381. The van der Waals surface area contributed by atoms with Gasteiger partial charge in [-0.1, -0.05) is 12.7 Å². The van der Waals surface area contributed by atoms with Crippen molar-refractivity contribution in [3.8, 4) is 11.5 Å². The number of rotatable bonds is 5. The maximum absolute atomic E-state index is 12.0. The molecule has 0 radical (unpaired) electrons. The van der Waals surface area contributed by atoms with Crippen molar-refractivity contribution in [3.05, 3.63) is 36.7 Å². The second-order valence-electron chi connectivity index (χ2n) is 7.88. The highest BCUT2D eigenvalue weighted by atomic mass is 16.4. The highest BCUT2D eigenvalue weighted by Crippen LogP contribution is 2.46. The predicted molar refractivity (Wildman–Crippen MR) is 109 cm³/mol. The van der Waals surface area contributed by atoms with Gasteiger partial charge in [-0.2, -0.15) is 5.10 Å². The lowest BCUT2D eigenvalue weighted by molar-refractivity contribution is -0.148. The zero-order chi connectivity index (χ0) is 20.0. The van der Waals surface area contributed by atoms with Gasteiger partial charge in [0.05, 0.1) is 5.92 Å². The van der Waals surface area contributed by atoms with Crippen LogP contribution < -0.4 is 5.32 Å². The van der Waals surface area contributed by atoms with Crippen molar-refractivity contribution in [2.24, 2.45) is 17.8 Å². The number of nitrogens with zero attached hydrogens (tertiary/aromatic N) is 4. The van der Waals surface area contributed by atoms with Crippen molar-refractivity contribution in [2.45, 2.75) is 31.7 Å². The first-order valence-corrected chi connectivity index (χ1v) is 9.94. The number of fused-ring (bicyclic) bond motifs is 4. The van der Waals surface area contributed by atoms with Crippen LogP contribution in [0.3, 0.4) is 0 Å². The number of carboxylic acid groups (broad SMARTS) is 1. The van der Waals surface area contributed by atoms with Crippen LogP contribution in [-0.4, -0.2) is 42.3 Å². The third kappa shape index (κ3) is 2.95. The summed E-state index contributed by atoms with van der Waals surface area (Å²) in [6.07, 6.45) is 9.19. The topological polar surface area (TPSA) is 117 Å². The molecule has 3 aliphatic rings. The average Bonchev–Trinajstić information content (AvgIpc) is 3.18. The van der Waals surface area contributed by atoms with Crippen LogP contribution in [0.25, 0.3) is 28.6 Å². The minimum Gasteiger partial charge on any atom is -0.481 e. The number of carboxylic acids is 1. The lowest BCUT2D eigenvalue weighted by atomic mass is 9.61. The first-order chi connectivity index (χ1) is 14.2. The molecule has 0 amide bonds. The maximum atomic E-state index is 12.0. The molecule has 3 heterocycles. The summed E-state index contributed by atoms with van der Waals surface area (Å²) in [5.41, 5.74) is 2.04. The average molecular weight is 390 g/mol. The van der Waals surface area contributed by atoms with E-state index in [1.165, 1.54) is 0 Å². The normalized spacial score (nSPS) is 25.8. The Bertz CT molecular complexity index is 1090. The van der Waals surface area contributed by atoms with Gasteiger partial charge in [-0.3, -0.25) is 9.89 Å². The number of anilines is 1. The van der Waals surface area contributed by atoms with E-state index < -0.39 is 11.9 Å². The first kappa shape index (κ1) is 17.8. The van der Waals surface area contributed by atoms with Gasteiger partial charge in [0, 0.05) is 29.4 Å². The van der Waals surface area contributed by atoms with E-state index in [4.69, 9.17) is 4.98 Å². The Morgan fingerprint density at radius 2 is 2.03 bits per heavy atom.